The summed E-state index contributed by atoms with van der Waals surface area (Å²) in [7, 11) is 0. The van der Waals surface area contributed by atoms with Crippen LogP contribution in [0.2, 0.25) is 0 Å². The molecule has 256 valence electrons. The predicted octanol–water partition coefficient (Wildman–Crippen LogP) is 9.37. The van der Waals surface area contributed by atoms with Gasteiger partial charge in [-0.15, -0.1) is 0 Å². The highest BCUT2D eigenvalue weighted by Gasteiger charge is 2.79. The Morgan fingerprint density at radius 2 is 1.53 bits per heavy atom. The second-order valence-corrected chi connectivity index (χ2v) is 15.8. The van der Waals surface area contributed by atoms with Gasteiger partial charge in [-0.3, -0.25) is 0 Å². The second-order valence-electron chi connectivity index (χ2n) is 15.8. The van der Waals surface area contributed by atoms with Gasteiger partial charge in [0.25, 0.3) is 0 Å². The molecule has 4 fully saturated rings. The van der Waals surface area contributed by atoms with Crippen molar-refractivity contribution in [2.24, 2.45) is 28.6 Å². The number of allylic oxidation sites excluding steroid dienone is 2. The first-order chi connectivity index (χ1) is 22.1. The number of alkyl halides is 5. The number of hydrogen-bond acceptors (Lipinski definition) is 4. The molecule has 4 nitrogen and oxygen atoms in total. The fraction of sp³-hybridized carbons (Fsp3) is 0.632. The maximum absolute atomic E-state index is 15.4. The lowest BCUT2D eigenvalue weighted by atomic mass is 9.49. The summed E-state index contributed by atoms with van der Waals surface area (Å²) in [5.74, 6) is -6.11. The molecule has 0 bridgehead atoms. The molecular formula is C38H45F5O4. The van der Waals surface area contributed by atoms with Gasteiger partial charge < -0.3 is 19.3 Å². The highest BCUT2D eigenvalue weighted by atomic mass is 19.4. The molecule has 0 radical (unpaired) electrons. The van der Waals surface area contributed by atoms with Crippen LogP contribution in [0.3, 0.4) is 0 Å². The summed E-state index contributed by atoms with van der Waals surface area (Å²) < 4.78 is 91.3. The minimum Gasteiger partial charge on any atom is -0.489 e. The van der Waals surface area contributed by atoms with Crippen molar-refractivity contribution in [1.29, 1.82) is 0 Å². The van der Waals surface area contributed by atoms with Gasteiger partial charge in [0, 0.05) is 29.6 Å². The summed E-state index contributed by atoms with van der Waals surface area (Å²) in [6.45, 7) is 7.33. The summed E-state index contributed by atoms with van der Waals surface area (Å²) in [4.78, 5) is 0. The fourth-order valence-corrected chi connectivity index (χ4v) is 9.82. The molecule has 0 amide bonds. The van der Waals surface area contributed by atoms with Crippen molar-refractivity contribution in [3.8, 4) is 5.75 Å². The van der Waals surface area contributed by atoms with Crippen molar-refractivity contribution in [2.75, 3.05) is 13.2 Å². The van der Waals surface area contributed by atoms with Gasteiger partial charge in [0.05, 0.1) is 13.2 Å². The van der Waals surface area contributed by atoms with Crippen LogP contribution < -0.4 is 4.74 Å². The number of halogens is 5. The molecule has 9 heteroatoms. The molecule has 0 aromatic heterocycles. The van der Waals surface area contributed by atoms with E-state index in [0.717, 1.165) is 24.0 Å². The number of benzene rings is 2. The lowest BCUT2D eigenvalue weighted by molar-refractivity contribution is -0.362. The van der Waals surface area contributed by atoms with Crippen molar-refractivity contribution < 1.29 is 41.3 Å². The van der Waals surface area contributed by atoms with Crippen LogP contribution in [0.25, 0.3) is 0 Å². The summed E-state index contributed by atoms with van der Waals surface area (Å²) >= 11 is 0. The Labute approximate surface area is 273 Å². The van der Waals surface area contributed by atoms with E-state index < -0.39 is 47.2 Å². The number of fused-ring (bicyclic) bond motifs is 4. The molecular weight excluding hydrogens is 615 g/mol. The summed E-state index contributed by atoms with van der Waals surface area (Å²) in [5, 5.41) is 11.6. The second kappa shape index (κ2) is 11.3. The Morgan fingerprint density at radius 3 is 2.19 bits per heavy atom. The molecule has 1 aliphatic heterocycles. The van der Waals surface area contributed by atoms with E-state index in [1.807, 2.05) is 54.6 Å². The molecule has 7 rings (SSSR count). The third-order valence-electron chi connectivity index (χ3n) is 12.3. The predicted molar refractivity (Wildman–Crippen MR) is 167 cm³/mol. The van der Waals surface area contributed by atoms with E-state index in [1.165, 1.54) is 18.1 Å². The van der Waals surface area contributed by atoms with Crippen LogP contribution in [-0.4, -0.2) is 41.8 Å². The van der Waals surface area contributed by atoms with Crippen LogP contribution in [0.4, 0.5) is 22.0 Å². The molecule has 6 atom stereocenters. The average molecular weight is 661 g/mol. The molecule has 1 heterocycles. The van der Waals surface area contributed by atoms with Gasteiger partial charge in [-0.05, 0) is 79.5 Å². The molecule has 1 saturated heterocycles. The van der Waals surface area contributed by atoms with Gasteiger partial charge in [-0.25, -0.2) is 0 Å². The monoisotopic (exact) mass is 660 g/mol. The van der Waals surface area contributed by atoms with Crippen molar-refractivity contribution in [3.05, 3.63) is 76.9 Å². The van der Waals surface area contributed by atoms with Gasteiger partial charge in [0.15, 0.2) is 5.79 Å². The highest BCUT2D eigenvalue weighted by molar-refractivity contribution is 5.43. The molecule has 5 aliphatic rings. The topological polar surface area (TPSA) is 47.9 Å². The fourth-order valence-electron chi connectivity index (χ4n) is 9.82. The summed E-state index contributed by atoms with van der Waals surface area (Å²) in [6.07, 6.45) is -2.69. The number of rotatable bonds is 5. The third kappa shape index (κ3) is 5.34. The first-order valence-electron chi connectivity index (χ1n) is 17.0. The highest BCUT2D eigenvalue weighted by Crippen LogP contribution is 2.71. The van der Waals surface area contributed by atoms with Gasteiger partial charge in [-0.1, -0.05) is 74.4 Å². The first-order valence-corrected chi connectivity index (χ1v) is 17.0. The van der Waals surface area contributed by atoms with Crippen LogP contribution in [0, 0.1) is 28.6 Å². The normalized spacial score (nSPS) is 34.8. The van der Waals surface area contributed by atoms with E-state index in [9.17, 15) is 18.3 Å². The van der Waals surface area contributed by atoms with Gasteiger partial charge in [0.2, 0.25) is 0 Å². The zero-order chi connectivity index (χ0) is 33.5. The zero-order valence-corrected chi connectivity index (χ0v) is 27.3. The van der Waals surface area contributed by atoms with Crippen LogP contribution in [0.5, 0.6) is 5.75 Å². The summed E-state index contributed by atoms with van der Waals surface area (Å²) in [5.41, 5.74) is -0.554. The standard InChI is InChI=1S/C38H45F5O4/c1-33(2)22-46-35(47-23-33)17-15-28-26(19-35)11-14-29-31-16-18-36(44,37(39,40)38(41,42)43)34(31,3)20-30(32(28)29)25-9-12-27(13-10-25)45-21-24-7-5-4-6-8-24/h4-10,12-13,26,29-31,44H,11,14-23H2,1-3H3/t26?,29?,30-,31?,34?,36+/m1/s1. The Balaban J connectivity index is 1.25. The maximum Gasteiger partial charge on any atom is 0.456 e. The van der Waals surface area contributed by atoms with Gasteiger partial charge >= 0.3 is 12.1 Å². The van der Waals surface area contributed by atoms with Gasteiger partial charge in [-0.2, -0.15) is 22.0 Å². The van der Waals surface area contributed by atoms with Crippen molar-refractivity contribution in [3.63, 3.8) is 0 Å². The number of hydrogen-bond donors (Lipinski definition) is 1. The largest absolute Gasteiger partial charge is 0.489 e. The number of ether oxygens (including phenoxy) is 3. The van der Waals surface area contributed by atoms with Crippen molar-refractivity contribution >= 4 is 0 Å². The van der Waals surface area contributed by atoms with Crippen LogP contribution in [0.1, 0.15) is 89.2 Å². The Hall–Kier alpha value is -2.49. The molecule has 3 saturated carbocycles. The van der Waals surface area contributed by atoms with E-state index in [1.54, 1.807) is 0 Å². The quantitative estimate of drug-likeness (QED) is 0.257. The van der Waals surface area contributed by atoms with Crippen molar-refractivity contribution in [2.45, 2.75) is 108 Å². The zero-order valence-electron chi connectivity index (χ0n) is 27.3. The SMILES string of the molecule is CC1(C)COC2(CCC3=C4C(CCC3C2)C2CC[C@@](O)(C(F)(F)C(F)(F)F)C2(C)C[C@@H]4c2ccc(OCc3ccccc3)cc2)OC1. The molecule has 4 unspecified atom stereocenters. The number of aliphatic hydroxyl groups is 1. The van der Waals surface area contributed by atoms with E-state index >= 15 is 8.78 Å². The average Bonchev–Trinajstić information content (AvgIpc) is 3.32. The molecule has 2 aromatic rings. The van der Waals surface area contributed by atoms with Crippen molar-refractivity contribution in [1.82, 2.24) is 0 Å². The van der Waals surface area contributed by atoms with Gasteiger partial charge in [0.1, 0.15) is 18.0 Å². The third-order valence-corrected chi connectivity index (χ3v) is 12.3. The molecule has 1 N–H and O–H groups in total. The Bertz CT molecular complexity index is 1490. The van der Waals surface area contributed by atoms with Crippen LogP contribution >= 0.6 is 0 Å². The Morgan fingerprint density at radius 1 is 0.851 bits per heavy atom. The van der Waals surface area contributed by atoms with E-state index in [2.05, 4.69) is 13.8 Å². The van der Waals surface area contributed by atoms with Crippen LogP contribution in [-0.2, 0) is 16.1 Å². The smallest absolute Gasteiger partial charge is 0.456 e. The Kier molecular flexibility index (Phi) is 7.92. The van der Waals surface area contributed by atoms with E-state index in [-0.39, 0.29) is 30.1 Å². The summed E-state index contributed by atoms with van der Waals surface area (Å²) in [6, 6.07) is 17.3. The lowest BCUT2D eigenvalue weighted by Gasteiger charge is -2.57. The first kappa shape index (κ1) is 33.0. The molecule has 47 heavy (non-hydrogen) atoms. The van der Waals surface area contributed by atoms with Crippen LogP contribution in [0.15, 0.2) is 65.7 Å². The lowest BCUT2D eigenvalue weighted by Crippen LogP contribution is -2.65. The molecule has 2 aromatic carbocycles. The minimum atomic E-state index is -5.85. The van der Waals surface area contributed by atoms with E-state index in [4.69, 9.17) is 14.2 Å². The van der Waals surface area contributed by atoms with E-state index in [0.29, 0.717) is 44.8 Å². The minimum absolute atomic E-state index is 0.0123. The maximum atomic E-state index is 15.4. The molecule has 4 aliphatic carbocycles. The molecule has 1 spiro atoms.